The summed E-state index contributed by atoms with van der Waals surface area (Å²) in [4.78, 5) is 40.7. The average molecular weight is 574 g/mol. The van der Waals surface area contributed by atoms with Crippen molar-refractivity contribution in [2.75, 3.05) is 17.6 Å². The molecule has 0 spiro atoms. The second-order valence-electron chi connectivity index (χ2n) is 10.4. The van der Waals surface area contributed by atoms with Crippen LogP contribution in [0.2, 0.25) is 0 Å². The van der Waals surface area contributed by atoms with E-state index in [9.17, 15) is 22.8 Å². The number of benzene rings is 1. The van der Waals surface area contributed by atoms with Crippen LogP contribution in [0.25, 0.3) is 16.8 Å². The van der Waals surface area contributed by atoms with Crippen LogP contribution in [0.5, 0.6) is 0 Å². The summed E-state index contributed by atoms with van der Waals surface area (Å²) in [6.45, 7) is 2.26. The number of nitrogens with two attached hydrogens (primary N) is 1. The standard InChI is InChI=1S/C30H26F3N7O2/c1-2-4-23(41)40-16-19-5-3-6-21(19)25(40)28-38-24(26-27(34)36-13-14-39(26)28)17-7-9-18(10-8-17)29(42)37-22-15-20(11-12-35-22)30(31,32)33/h7-15,19,21,25H,3,5-6,16H2,1H3,(H2,34,36)(H,35,37,42). The molecule has 3 unspecified atom stereocenters. The number of rotatable bonds is 4. The fourth-order valence-corrected chi connectivity index (χ4v) is 6.16. The summed E-state index contributed by atoms with van der Waals surface area (Å²) >= 11 is 0. The van der Waals surface area contributed by atoms with Crippen LogP contribution in [-0.2, 0) is 11.0 Å². The zero-order chi connectivity index (χ0) is 29.6. The van der Waals surface area contributed by atoms with E-state index in [0.717, 1.165) is 37.6 Å². The molecule has 4 aromatic rings. The second-order valence-corrected chi connectivity index (χ2v) is 10.4. The Hall–Kier alpha value is -4.92. The van der Waals surface area contributed by atoms with Gasteiger partial charge in [0.1, 0.15) is 28.7 Å². The molecule has 4 heterocycles. The fraction of sp³-hybridized carbons (Fsp3) is 0.300. The van der Waals surface area contributed by atoms with Crippen LogP contribution < -0.4 is 11.1 Å². The molecule has 1 saturated carbocycles. The monoisotopic (exact) mass is 573 g/mol. The number of carbonyl (C=O) groups is 2. The number of alkyl halides is 3. The van der Waals surface area contributed by atoms with Gasteiger partial charge < -0.3 is 16.0 Å². The number of carbonyl (C=O) groups excluding carboxylic acids is 2. The lowest BCUT2D eigenvalue weighted by Crippen LogP contribution is -2.32. The highest BCUT2D eigenvalue weighted by atomic mass is 19.4. The Balaban J connectivity index is 1.34. The Labute approximate surface area is 239 Å². The number of nitrogen functional groups attached to an aromatic ring is 1. The van der Waals surface area contributed by atoms with Crippen LogP contribution in [0.4, 0.5) is 24.8 Å². The molecule has 42 heavy (non-hydrogen) atoms. The molecule has 214 valence electrons. The number of likely N-dealkylation sites (tertiary alicyclic amines) is 1. The third-order valence-corrected chi connectivity index (χ3v) is 8.01. The van der Waals surface area contributed by atoms with Gasteiger partial charge in [-0.1, -0.05) is 24.5 Å². The number of aromatic nitrogens is 4. The Kier molecular flexibility index (Phi) is 6.80. The highest BCUT2D eigenvalue weighted by Crippen LogP contribution is 2.50. The van der Waals surface area contributed by atoms with Crippen molar-refractivity contribution in [1.29, 1.82) is 0 Å². The summed E-state index contributed by atoms with van der Waals surface area (Å²) in [5.41, 5.74) is 7.41. The molecule has 1 aromatic carbocycles. The van der Waals surface area contributed by atoms with E-state index in [-0.39, 0.29) is 35.1 Å². The summed E-state index contributed by atoms with van der Waals surface area (Å²) in [5.74, 6) is 5.89. The third kappa shape index (κ3) is 4.81. The lowest BCUT2D eigenvalue weighted by molar-refractivity contribution is -0.137. The van der Waals surface area contributed by atoms with Gasteiger partial charge in [-0.2, -0.15) is 13.2 Å². The van der Waals surface area contributed by atoms with Crippen LogP contribution in [0.15, 0.2) is 55.0 Å². The first kappa shape index (κ1) is 27.3. The van der Waals surface area contributed by atoms with Gasteiger partial charge in [-0.25, -0.2) is 15.0 Å². The second kappa shape index (κ2) is 10.5. The van der Waals surface area contributed by atoms with E-state index in [1.165, 1.54) is 0 Å². The van der Waals surface area contributed by atoms with E-state index in [2.05, 4.69) is 27.1 Å². The van der Waals surface area contributed by atoms with E-state index < -0.39 is 17.6 Å². The lowest BCUT2D eigenvalue weighted by atomic mass is 9.93. The van der Waals surface area contributed by atoms with Gasteiger partial charge in [-0.15, -0.1) is 0 Å². The minimum Gasteiger partial charge on any atom is -0.382 e. The van der Waals surface area contributed by atoms with E-state index in [4.69, 9.17) is 10.7 Å². The van der Waals surface area contributed by atoms with Crippen molar-refractivity contribution in [3.05, 3.63) is 71.9 Å². The van der Waals surface area contributed by atoms with Crippen molar-refractivity contribution >= 4 is 29.0 Å². The van der Waals surface area contributed by atoms with Crippen molar-refractivity contribution in [3.63, 3.8) is 0 Å². The van der Waals surface area contributed by atoms with Crippen molar-refractivity contribution < 1.29 is 22.8 Å². The molecule has 12 heteroatoms. The first-order valence-corrected chi connectivity index (χ1v) is 13.5. The summed E-state index contributed by atoms with van der Waals surface area (Å²) in [5, 5.41) is 2.41. The van der Waals surface area contributed by atoms with Crippen LogP contribution >= 0.6 is 0 Å². The number of anilines is 2. The van der Waals surface area contributed by atoms with Gasteiger partial charge >= 0.3 is 6.18 Å². The molecule has 3 N–H and O–H groups in total. The highest BCUT2D eigenvalue weighted by Gasteiger charge is 2.48. The number of pyridine rings is 1. The summed E-state index contributed by atoms with van der Waals surface area (Å²) in [6, 6.07) is 7.80. The number of imidazole rings is 1. The van der Waals surface area contributed by atoms with E-state index in [1.54, 1.807) is 43.6 Å². The molecular formula is C30H26F3N7O2. The van der Waals surface area contributed by atoms with Crippen molar-refractivity contribution in [1.82, 2.24) is 24.3 Å². The first-order chi connectivity index (χ1) is 20.2. The van der Waals surface area contributed by atoms with Gasteiger partial charge in [0.25, 0.3) is 11.8 Å². The van der Waals surface area contributed by atoms with Gasteiger partial charge in [0.05, 0.1) is 11.6 Å². The molecule has 9 nitrogen and oxygen atoms in total. The molecule has 2 amide bonds. The molecule has 0 bridgehead atoms. The first-order valence-electron chi connectivity index (χ1n) is 13.5. The zero-order valence-corrected chi connectivity index (χ0v) is 22.5. The molecule has 3 aromatic heterocycles. The summed E-state index contributed by atoms with van der Waals surface area (Å²) in [7, 11) is 0. The van der Waals surface area contributed by atoms with Gasteiger partial charge in [0.2, 0.25) is 0 Å². The molecule has 1 aliphatic heterocycles. The predicted octanol–water partition coefficient (Wildman–Crippen LogP) is 4.97. The lowest BCUT2D eigenvalue weighted by Gasteiger charge is -2.25. The third-order valence-electron chi connectivity index (χ3n) is 8.01. The summed E-state index contributed by atoms with van der Waals surface area (Å²) < 4.78 is 41.0. The Morgan fingerprint density at radius 3 is 2.62 bits per heavy atom. The van der Waals surface area contributed by atoms with Crippen LogP contribution in [0.3, 0.4) is 0 Å². The maximum absolute atomic E-state index is 13.0. The predicted molar refractivity (Wildman–Crippen MR) is 149 cm³/mol. The topological polar surface area (TPSA) is 119 Å². The molecule has 2 fully saturated rings. The Morgan fingerprint density at radius 1 is 1.10 bits per heavy atom. The molecule has 1 saturated heterocycles. The Morgan fingerprint density at radius 2 is 1.88 bits per heavy atom. The SMILES string of the molecule is CC#CC(=O)N1CC2CCCC2C1c1nc(-c2ccc(C(=O)Nc3cc(C(F)(F)F)ccn3)cc2)c2c(N)nccn12. The number of amides is 2. The summed E-state index contributed by atoms with van der Waals surface area (Å²) in [6.07, 6.45) is 2.91. The van der Waals surface area contributed by atoms with Crippen LogP contribution in [0.1, 0.15) is 54.0 Å². The molecule has 3 atom stereocenters. The van der Waals surface area contributed by atoms with Gasteiger partial charge in [0.15, 0.2) is 0 Å². The van der Waals surface area contributed by atoms with E-state index >= 15 is 0 Å². The van der Waals surface area contributed by atoms with Crippen molar-refractivity contribution in [2.45, 2.75) is 38.4 Å². The van der Waals surface area contributed by atoms with Gasteiger partial charge in [-0.05, 0) is 61.8 Å². The van der Waals surface area contributed by atoms with Crippen LogP contribution in [-0.4, -0.2) is 42.6 Å². The van der Waals surface area contributed by atoms with Crippen molar-refractivity contribution in [3.8, 4) is 23.1 Å². The number of fused-ring (bicyclic) bond motifs is 2. The fourth-order valence-electron chi connectivity index (χ4n) is 6.16. The largest absolute Gasteiger partial charge is 0.416 e. The number of nitrogens with zero attached hydrogens (tertiary/aromatic N) is 5. The quantitative estimate of drug-likeness (QED) is 0.333. The molecular weight excluding hydrogens is 547 g/mol. The zero-order valence-electron chi connectivity index (χ0n) is 22.5. The number of halogens is 3. The van der Waals surface area contributed by atoms with E-state index in [0.29, 0.717) is 35.1 Å². The van der Waals surface area contributed by atoms with Crippen LogP contribution in [0, 0.1) is 23.7 Å². The van der Waals surface area contributed by atoms with Gasteiger partial charge in [0, 0.05) is 36.3 Å². The molecule has 1 aliphatic carbocycles. The van der Waals surface area contributed by atoms with E-state index in [1.807, 2.05) is 9.30 Å². The maximum atomic E-state index is 13.0. The molecule has 2 aliphatic rings. The number of hydrogen-bond acceptors (Lipinski definition) is 6. The van der Waals surface area contributed by atoms with Gasteiger partial charge in [-0.3, -0.25) is 14.0 Å². The maximum Gasteiger partial charge on any atom is 0.416 e. The minimum absolute atomic E-state index is 0.212. The smallest absolute Gasteiger partial charge is 0.382 e. The average Bonchev–Trinajstić information content (AvgIpc) is 3.67. The number of nitrogens with one attached hydrogen (secondary N) is 1. The molecule has 6 rings (SSSR count). The minimum atomic E-state index is -4.56. The molecule has 0 radical (unpaired) electrons. The van der Waals surface area contributed by atoms with Crippen molar-refractivity contribution in [2.24, 2.45) is 11.8 Å². The Bertz CT molecular complexity index is 1750. The highest BCUT2D eigenvalue weighted by molar-refractivity contribution is 6.04. The normalized spacial score (nSPS) is 19.8. The number of hydrogen-bond donors (Lipinski definition) is 2.